The number of ether oxygens (including phenoxy) is 1. The summed E-state index contributed by atoms with van der Waals surface area (Å²) in [4.78, 5) is 28.6. The predicted octanol–water partition coefficient (Wildman–Crippen LogP) is 3.21. The van der Waals surface area contributed by atoms with Crippen molar-refractivity contribution < 1.29 is 14.3 Å². The number of rotatable bonds is 9. The van der Waals surface area contributed by atoms with Gasteiger partial charge in [0, 0.05) is 18.8 Å². The van der Waals surface area contributed by atoms with E-state index < -0.39 is 0 Å². The van der Waals surface area contributed by atoms with Crippen LogP contribution in [0.25, 0.3) is 0 Å². The maximum absolute atomic E-state index is 12.7. The van der Waals surface area contributed by atoms with Crippen LogP contribution in [0.2, 0.25) is 0 Å². The number of hydrogen-bond donors (Lipinski definition) is 1. The summed E-state index contributed by atoms with van der Waals surface area (Å²) in [6.07, 6.45) is 4.57. The first-order chi connectivity index (χ1) is 12.6. The highest BCUT2D eigenvalue weighted by Gasteiger charge is 2.21. The van der Waals surface area contributed by atoms with Gasteiger partial charge in [-0.1, -0.05) is 25.1 Å². The van der Waals surface area contributed by atoms with E-state index in [0.717, 1.165) is 25.1 Å². The van der Waals surface area contributed by atoms with E-state index in [1.54, 1.807) is 11.8 Å². The number of unbranched alkanes of at least 4 members (excludes halogenated alkanes) is 1. The molecule has 1 aliphatic rings. The van der Waals surface area contributed by atoms with Crippen molar-refractivity contribution in [3.63, 3.8) is 0 Å². The third-order valence-corrected chi connectivity index (χ3v) is 4.76. The number of benzene rings is 1. The molecule has 1 aromatic carbocycles. The molecule has 2 amide bonds. The van der Waals surface area contributed by atoms with E-state index in [4.69, 9.17) is 4.74 Å². The van der Waals surface area contributed by atoms with Crippen LogP contribution in [-0.4, -0.2) is 61.6 Å². The zero-order chi connectivity index (χ0) is 18.8. The molecule has 6 nitrogen and oxygen atoms in total. The Morgan fingerprint density at radius 1 is 1.19 bits per heavy atom. The highest BCUT2D eigenvalue weighted by Crippen LogP contribution is 2.12. The second-order valence-electron chi connectivity index (χ2n) is 6.92. The average Bonchev–Trinajstić information content (AvgIpc) is 3.17. The van der Waals surface area contributed by atoms with Crippen molar-refractivity contribution in [2.24, 2.45) is 5.92 Å². The number of methoxy groups -OCH3 is 1. The van der Waals surface area contributed by atoms with Crippen LogP contribution in [-0.2, 0) is 9.53 Å². The minimum absolute atomic E-state index is 0.173. The monoisotopic (exact) mass is 361 g/mol. The molecule has 0 aliphatic carbocycles. The molecule has 1 aliphatic heterocycles. The highest BCUT2D eigenvalue weighted by molar-refractivity contribution is 5.89. The van der Waals surface area contributed by atoms with Gasteiger partial charge < -0.3 is 19.9 Å². The lowest BCUT2D eigenvalue weighted by Gasteiger charge is -2.26. The van der Waals surface area contributed by atoms with Crippen molar-refractivity contribution in [3.8, 4) is 0 Å². The summed E-state index contributed by atoms with van der Waals surface area (Å²) in [6, 6.07) is 9.21. The molecule has 144 valence electrons. The molecule has 0 spiro atoms. The van der Waals surface area contributed by atoms with Crippen LogP contribution in [0.5, 0.6) is 0 Å². The van der Waals surface area contributed by atoms with E-state index in [9.17, 15) is 9.59 Å². The second kappa shape index (κ2) is 10.8. The number of para-hydroxylation sites is 1. The van der Waals surface area contributed by atoms with Crippen molar-refractivity contribution in [2.75, 3.05) is 45.2 Å². The van der Waals surface area contributed by atoms with Crippen LogP contribution < -0.4 is 5.32 Å². The van der Waals surface area contributed by atoms with Gasteiger partial charge in [0.25, 0.3) is 0 Å². The van der Waals surface area contributed by atoms with Crippen molar-refractivity contribution in [3.05, 3.63) is 30.3 Å². The molecule has 1 N–H and O–H groups in total. The Labute approximate surface area is 156 Å². The SMILES string of the molecule is COC(=O)C(C)CN(CCCCN1CCCC1)C(=O)Nc1ccccc1. The molecule has 1 saturated heterocycles. The lowest BCUT2D eigenvalue weighted by Crippen LogP contribution is -2.40. The Morgan fingerprint density at radius 2 is 1.88 bits per heavy atom. The Kier molecular flexibility index (Phi) is 8.41. The predicted molar refractivity (Wildman–Crippen MR) is 103 cm³/mol. The normalized spacial score (nSPS) is 15.5. The van der Waals surface area contributed by atoms with E-state index in [1.807, 2.05) is 30.3 Å². The maximum atomic E-state index is 12.7. The van der Waals surface area contributed by atoms with Crippen LogP contribution in [0.1, 0.15) is 32.6 Å². The fourth-order valence-corrected chi connectivity index (χ4v) is 3.25. The molecule has 1 aromatic rings. The van der Waals surface area contributed by atoms with Crippen molar-refractivity contribution in [1.29, 1.82) is 0 Å². The van der Waals surface area contributed by atoms with Gasteiger partial charge in [0.2, 0.25) is 0 Å². The number of hydrogen-bond acceptors (Lipinski definition) is 4. The van der Waals surface area contributed by atoms with Gasteiger partial charge in [0.1, 0.15) is 0 Å². The number of carbonyl (C=O) groups is 2. The van der Waals surface area contributed by atoms with Crippen LogP contribution in [0.15, 0.2) is 30.3 Å². The molecule has 0 saturated carbocycles. The number of nitrogens with zero attached hydrogens (tertiary/aromatic N) is 2. The number of carbonyl (C=O) groups excluding carboxylic acids is 2. The molecule has 2 rings (SSSR count). The summed E-state index contributed by atoms with van der Waals surface area (Å²) in [5.74, 6) is -0.639. The van der Waals surface area contributed by atoms with E-state index in [1.165, 1.54) is 33.0 Å². The second-order valence-corrected chi connectivity index (χ2v) is 6.92. The van der Waals surface area contributed by atoms with E-state index >= 15 is 0 Å². The minimum atomic E-state index is -0.347. The fraction of sp³-hybridized carbons (Fsp3) is 0.600. The molecule has 1 heterocycles. The minimum Gasteiger partial charge on any atom is -0.469 e. The molecule has 6 heteroatoms. The third-order valence-electron chi connectivity index (χ3n) is 4.76. The van der Waals surface area contributed by atoms with E-state index in [0.29, 0.717) is 13.1 Å². The maximum Gasteiger partial charge on any atom is 0.321 e. The van der Waals surface area contributed by atoms with Gasteiger partial charge >= 0.3 is 12.0 Å². The van der Waals surface area contributed by atoms with Crippen molar-refractivity contribution in [1.82, 2.24) is 9.80 Å². The highest BCUT2D eigenvalue weighted by atomic mass is 16.5. The van der Waals surface area contributed by atoms with Crippen molar-refractivity contribution in [2.45, 2.75) is 32.6 Å². The number of likely N-dealkylation sites (tertiary alicyclic amines) is 1. The lowest BCUT2D eigenvalue weighted by atomic mass is 10.1. The summed E-state index contributed by atoms with van der Waals surface area (Å²) in [6.45, 7) is 6.25. The van der Waals surface area contributed by atoms with Gasteiger partial charge in [-0.05, 0) is 57.5 Å². The van der Waals surface area contributed by atoms with Gasteiger partial charge in [-0.2, -0.15) is 0 Å². The average molecular weight is 361 g/mol. The molecule has 1 atom stereocenters. The van der Waals surface area contributed by atoms with E-state index in [-0.39, 0.29) is 17.9 Å². The van der Waals surface area contributed by atoms with Crippen LogP contribution in [0.3, 0.4) is 0 Å². The lowest BCUT2D eigenvalue weighted by molar-refractivity contribution is -0.145. The summed E-state index contributed by atoms with van der Waals surface area (Å²) in [7, 11) is 1.38. The third kappa shape index (κ3) is 6.67. The van der Waals surface area contributed by atoms with E-state index in [2.05, 4.69) is 10.2 Å². The summed E-state index contributed by atoms with van der Waals surface area (Å²) < 4.78 is 4.80. The number of nitrogens with one attached hydrogen (secondary N) is 1. The zero-order valence-corrected chi connectivity index (χ0v) is 15.9. The zero-order valence-electron chi connectivity index (χ0n) is 15.9. The van der Waals surface area contributed by atoms with Crippen LogP contribution in [0.4, 0.5) is 10.5 Å². The molecule has 0 bridgehead atoms. The van der Waals surface area contributed by atoms with Gasteiger partial charge in [-0.15, -0.1) is 0 Å². The number of amides is 2. The largest absolute Gasteiger partial charge is 0.469 e. The fourth-order valence-electron chi connectivity index (χ4n) is 3.25. The standard InChI is InChI=1S/C20H31N3O3/c1-17(19(24)26-2)16-23(15-9-8-14-22-12-6-7-13-22)20(25)21-18-10-4-3-5-11-18/h3-5,10-11,17H,6-9,12-16H2,1-2H3,(H,21,25). The van der Waals surface area contributed by atoms with Gasteiger partial charge in [-0.25, -0.2) is 4.79 Å². The quantitative estimate of drug-likeness (QED) is 0.542. The first-order valence-corrected chi connectivity index (χ1v) is 9.51. The molecule has 0 radical (unpaired) electrons. The smallest absolute Gasteiger partial charge is 0.321 e. The van der Waals surface area contributed by atoms with Crippen LogP contribution >= 0.6 is 0 Å². The van der Waals surface area contributed by atoms with Gasteiger partial charge in [0.15, 0.2) is 0 Å². The first-order valence-electron chi connectivity index (χ1n) is 9.51. The summed E-state index contributed by atoms with van der Waals surface area (Å²) >= 11 is 0. The summed E-state index contributed by atoms with van der Waals surface area (Å²) in [5, 5.41) is 2.91. The van der Waals surface area contributed by atoms with Gasteiger partial charge in [0.05, 0.1) is 13.0 Å². The van der Waals surface area contributed by atoms with Crippen LogP contribution in [0, 0.1) is 5.92 Å². The Bertz CT molecular complexity index is 559. The Morgan fingerprint density at radius 3 is 2.54 bits per heavy atom. The number of urea groups is 1. The molecule has 0 aromatic heterocycles. The Hall–Kier alpha value is -2.08. The topological polar surface area (TPSA) is 61.9 Å². The molecule has 1 unspecified atom stereocenters. The number of esters is 1. The molecule has 1 fully saturated rings. The van der Waals surface area contributed by atoms with Gasteiger partial charge in [-0.3, -0.25) is 4.79 Å². The molecule has 26 heavy (non-hydrogen) atoms. The molecular formula is C20H31N3O3. The number of anilines is 1. The van der Waals surface area contributed by atoms with Crippen molar-refractivity contribution >= 4 is 17.7 Å². The summed E-state index contributed by atoms with van der Waals surface area (Å²) in [5.41, 5.74) is 0.755. The Balaban J connectivity index is 1.86. The first kappa shape index (κ1) is 20.2. The molecular weight excluding hydrogens is 330 g/mol.